The van der Waals surface area contributed by atoms with Gasteiger partial charge in [-0.05, 0) is 18.6 Å². The molecule has 6 nitrogen and oxygen atoms in total. The molecule has 102 valence electrons. The number of carboxylic acids is 1. The number of para-hydroxylation sites is 1. The Hall–Kier alpha value is -2.44. The molecule has 0 spiro atoms. The number of hydrogen-bond acceptors (Lipinski definition) is 3. The fourth-order valence-electron chi connectivity index (χ4n) is 1.31. The lowest BCUT2D eigenvalue weighted by Gasteiger charge is -2.07. The molecule has 7 heteroatoms. The molecular formula is C12H13FN2O4. The fourth-order valence-corrected chi connectivity index (χ4v) is 1.31. The number of aliphatic carboxylic acids is 1. The molecule has 1 rings (SSSR count). The van der Waals surface area contributed by atoms with Crippen molar-refractivity contribution in [3.63, 3.8) is 0 Å². The molecular weight excluding hydrogens is 255 g/mol. The van der Waals surface area contributed by atoms with E-state index < -0.39 is 23.7 Å². The number of urea groups is 1. The van der Waals surface area contributed by atoms with Gasteiger partial charge in [-0.1, -0.05) is 12.1 Å². The quantitative estimate of drug-likeness (QED) is 0.757. The lowest BCUT2D eigenvalue weighted by molar-refractivity contribution is -0.137. The molecule has 0 unspecified atom stereocenters. The van der Waals surface area contributed by atoms with Gasteiger partial charge < -0.3 is 10.4 Å². The summed E-state index contributed by atoms with van der Waals surface area (Å²) in [4.78, 5) is 32.8. The summed E-state index contributed by atoms with van der Waals surface area (Å²) in [5, 5.41) is 12.5. The van der Waals surface area contributed by atoms with Gasteiger partial charge in [0, 0.05) is 12.8 Å². The van der Waals surface area contributed by atoms with Crippen molar-refractivity contribution < 1.29 is 23.9 Å². The number of benzene rings is 1. The predicted molar refractivity (Wildman–Crippen MR) is 65.0 cm³/mol. The third kappa shape index (κ3) is 5.62. The van der Waals surface area contributed by atoms with Gasteiger partial charge in [0.1, 0.15) is 5.82 Å². The van der Waals surface area contributed by atoms with Crippen molar-refractivity contribution in [1.82, 2.24) is 5.32 Å². The largest absolute Gasteiger partial charge is 0.481 e. The van der Waals surface area contributed by atoms with E-state index in [0.29, 0.717) is 0 Å². The third-order valence-corrected chi connectivity index (χ3v) is 2.17. The Morgan fingerprint density at radius 1 is 1.16 bits per heavy atom. The SMILES string of the molecule is O=C(O)CCCC(=O)NC(=O)Nc1ccccc1F. The molecule has 1 aromatic carbocycles. The number of carbonyl (C=O) groups is 3. The van der Waals surface area contributed by atoms with Crippen LogP contribution < -0.4 is 10.6 Å². The van der Waals surface area contributed by atoms with Gasteiger partial charge in [0.2, 0.25) is 5.91 Å². The summed E-state index contributed by atoms with van der Waals surface area (Å²) in [6, 6.07) is 4.67. The van der Waals surface area contributed by atoms with E-state index in [0.717, 1.165) is 0 Å². The first-order valence-electron chi connectivity index (χ1n) is 5.56. The number of nitrogens with one attached hydrogen (secondary N) is 2. The first-order chi connectivity index (χ1) is 8.99. The van der Waals surface area contributed by atoms with E-state index in [2.05, 4.69) is 5.32 Å². The average Bonchev–Trinajstić information content (AvgIpc) is 2.31. The number of rotatable bonds is 5. The lowest BCUT2D eigenvalue weighted by Crippen LogP contribution is -2.34. The molecule has 0 fully saturated rings. The van der Waals surface area contributed by atoms with Gasteiger partial charge in [0.25, 0.3) is 0 Å². The van der Waals surface area contributed by atoms with E-state index in [4.69, 9.17) is 5.11 Å². The highest BCUT2D eigenvalue weighted by molar-refractivity contribution is 6.01. The highest BCUT2D eigenvalue weighted by atomic mass is 19.1. The van der Waals surface area contributed by atoms with Crippen molar-refractivity contribution in [1.29, 1.82) is 0 Å². The van der Waals surface area contributed by atoms with Crippen LogP contribution in [0.25, 0.3) is 0 Å². The van der Waals surface area contributed by atoms with Crippen LogP contribution in [-0.2, 0) is 9.59 Å². The molecule has 0 saturated heterocycles. The van der Waals surface area contributed by atoms with Crippen LogP contribution in [0.15, 0.2) is 24.3 Å². The zero-order valence-electron chi connectivity index (χ0n) is 9.98. The number of anilines is 1. The maximum absolute atomic E-state index is 13.2. The number of carboxylic acid groups (broad SMARTS) is 1. The van der Waals surface area contributed by atoms with Gasteiger partial charge in [0.15, 0.2) is 0 Å². The molecule has 0 radical (unpaired) electrons. The molecule has 1 aromatic rings. The number of halogens is 1. The lowest BCUT2D eigenvalue weighted by atomic mass is 10.2. The van der Waals surface area contributed by atoms with Crippen LogP contribution in [0.3, 0.4) is 0 Å². The Balaban J connectivity index is 2.37. The summed E-state index contributed by atoms with van der Waals surface area (Å²) in [5.74, 6) is -2.24. The Labute approximate surface area is 108 Å². The van der Waals surface area contributed by atoms with Gasteiger partial charge in [-0.25, -0.2) is 9.18 Å². The second-order valence-corrected chi connectivity index (χ2v) is 3.73. The normalized spacial score (nSPS) is 9.74. The standard InChI is InChI=1S/C12H13FN2O4/c13-8-4-1-2-5-9(8)14-12(19)15-10(16)6-3-7-11(17)18/h1-2,4-5H,3,6-7H2,(H,17,18)(H2,14,15,16,19). The minimum atomic E-state index is -1.01. The monoisotopic (exact) mass is 268 g/mol. The van der Waals surface area contributed by atoms with E-state index in [9.17, 15) is 18.8 Å². The molecule has 3 amide bonds. The first kappa shape index (κ1) is 14.6. The Kier molecular flexibility index (Phi) is 5.46. The molecule has 0 bridgehead atoms. The minimum absolute atomic E-state index is 0.0432. The van der Waals surface area contributed by atoms with Crippen LogP contribution in [-0.4, -0.2) is 23.0 Å². The summed E-state index contributed by atoms with van der Waals surface area (Å²) in [6.07, 6.45) is -0.104. The fraction of sp³-hybridized carbons (Fsp3) is 0.250. The maximum Gasteiger partial charge on any atom is 0.325 e. The van der Waals surface area contributed by atoms with Crippen LogP contribution in [0, 0.1) is 5.82 Å². The molecule has 0 heterocycles. The predicted octanol–water partition coefficient (Wildman–Crippen LogP) is 1.73. The van der Waals surface area contributed by atoms with Crippen LogP contribution in [0.2, 0.25) is 0 Å². The summed E-state index contributed by atoms with van der Waals surface area (Å²) < 4.78 is 13.2. The highest BCUT2D eigenvalue weighted by Gasteiger charge is 2.10. The van der Waals surface area contributed by atoms with E-state index in [1.165, 1.54) is 24.3 Å². The summed E-state index contributed by atoms with van der Waals surface area (Å²) in [7, 11) is 0. The molecule has 3 N–H and O–H groups in total. The van der Waals surface area contributed by atoms with Crippen molar-refractivity contribution in [2.24, 2.45) is 0 Å². The van der Waals surface area contributed by atoms with Crippen LogP contribution in [0.1, 0.15) is 19.3 Å². The van der Waals surface area contributed by atoms with Crippen LogP contribution in [0.4, 0.5) is 14.9 Å². The van der Waals surface area contributed by atoms with Crippen molar-refractivity contribution in [3.05, 3.63) is 30.1 Å². The maximum atomic E-state index is 13.2. The van der Waals surface area contributed by atoms with E-state index >= 15 is 0 Å². The average molecular weight is 268 g/mol. The second-order valence-electron chi connectivity index (χ2n) is 3.73. The van der Waals surface area contributed by atoms with Crippen molar-refractivity contribution in [2.75, 3.05) is 5.32 Å². The molecule has 0 aliphatic carbocycles. The Morgan fingerprint density at radius 2 is 1.84 bits per heavy atom. The Bertz CT molecular complexity index is 490. The molecule has 0 aliphatic heterocycles. The zero-order valence-corrected chi connectivity index (χ0v) is 9.98. The number of carbonyl (C=O) groups excluding carboxylic acids is 2. The topological polar surface area (TPSA) is 95.5 Å². The zero-order chi connectivity index (χ0) is 14.3. The molecule has 0 aliphatic rings. The molecule has 0 aromatic heterocycles. The number of hydrogen-bond donors (Lipinski definition) is 3. The van der Waals surface area contributed by atoms with Crippen molar-refractivity contribution >= 4 is 23.6 Å². The van der Waals surface area contributed by atoms with Gasteiger partial charge in [-0.2, -0.15) is 0 Å². The highest BCUT2D eigenvalue weighted by Crippen LogP contribution is 2.11. The first-order valence-corrected chi connectivity index (χ1v) is 5.56. The smallest absolute Gasteiger partial charge is 0.325 e. The molecule has 0 saturated carbocycles. The van der Waals surface area contributed by atoms with Gasteiger partial charge >= 0.3 is 12.0 Å². The van der Waals surface area contributed by atoms with Crippen molar-refractivity contribution in [3.8, 4) is 0 Å². The van der Waals surface area contributed by atoms with E-state index in [1.807, 2.05) is 5.32 Å². The summed E-state index contributed by atoms with van der Waals surface area (Å²) >= 11 is 0. The summed E-state index contributed by atoms with van der Waals surface area (Å²) in [6.45, 7) is 0. The van der Waals surface area contributed by atoms with Gasteiger partial charge in [-0.15, -0.1) is 0 Å². The van der Waals surface area contributed by atoms with Crippen LogP contribution in [0.5, 0.6) is 0 Å². The third-order valence-electron chi connectivity index (χ3n) is 2.17. The summed E-state index contributed by atoms with van der Waals surface area (Å²) in [5.41, 5.74) is -0.0432. The van der Waals surface area contributed by atoms with Gasteiger partial charge in [0.05, 0.1) is 5.69 Å². The van der Waals surface area contributed by atoms with Crippen molar-refractivity contribution in [2.45, 2.75) is 19.3 Å². The number of amides is 3. The van der Waals surface area contributed by atoms with Gasteiger partial charge in [-0.3, -0.25) is 14.9 Å². The van der Waals surface area contributed by atoms with E-state index in [1.54, 1.807) is 0 Å². The molecule has 19 heavy (non-hydrogen) atoms. The van der Waals surface area contributed by atoms with Crippen LogP contribution >= 0.6 is 0 Å². The minimum Gasteiger partial charge on any atom is -0.481 e. The van der Waals surface area contributed by atoms with E-state index in [-0.39, 0.29) is 24.9 Å². The molecule has 0 atom stereocenters. The second kappa shape index (κ2) is 7.10. The number of imide groups is 1. The Morgan fingerprint density at radius 3 is 2.47 bits per heavy atom.